The predicted octanol–water partition coefficient (Wildman–Crippen LogP) is -3.08. The quantitative estimate of drug-likeness (QED) is 0.0967. The molecule has 3 aliphatic heterocycles. The standard InChI is InChI=1S/C20H25N11O13P2/c21-7-11-5(41-17(7)30-3-24-8-13(30)26-19(22)28-15(8)33)1-39-46(37,38)44-12-6(2-40-45(35,36)43-11)42-18(10(12)32)31-4-25-9-14(31)27-20(23)29-16(9)34/h3-7,10-12,17-18,32H,1-2,21H2,(H,35,36)(H,37,38)(H3,22,26,28,33)(H3,23,27,29,34)/t5-,6-,7?,10-,11-,12-,17-,18-/m1/s1. The van der Waals surface area contributed by atoms with Crippen LogP contribution in [-0.2, 0) is 36.7 Å². The summed E-state index contributed by atoms with van der Waals surface area (Å²) in [6.07, 6.45) is -8.33. The van der Waals surface area contributed by atoms with Crippen LogP contribution in [0.15, 0.2) is 22.2 Å². The van der Waals surface area contributed by atoms with E-state index in [0.717, 1.165) is 10.9 Å². The van der Waals surface area contributed by atoms with Crippen molar-refractivity contribution in [2.75, 3.05) is 24.7 Å². The van der Waals surface area contributed by atoms with E-state index in [1.54, 1.807) is 0 Å². The molecular weight excluding hydrogens is 664 g/mol. The van der Waals surface area contributed by atoms with Crippen LogP contribution in [0.25, 0.3) is 22.3 Å². The molecule has 10 atom stereocenters. The fourth-order valence-corrected chi connectivity index (χ4v) is 7.40. The number of aromatic nitrogens is 8. The minimum atomic E-state index is -5.06. The minimum Gasteiger partial charge on any atom is -0.386 e. The first-order valence-electron chi connectivity index (χ1n) is 13.2. The highest BCUT2D eigenvalue weighted by Crippen LogP contribution is 2.53. The first kappa shape index (κ1) is 31.0. The van der Waals surface area contributed by atoms with Crippen molar-refractivity contribution in [1.82, 2.24) is 39.0 Å². The second kappa shape index (κ2) is 11.0. The Morgan fingerprint density at radius 3 is 1.80 bits per heavy atom. The Hall–Kier alpha value is -3.64. The molecule has 0 amide bonds. The van der Waals surface area contributed by atoms with Gasteiger partial charge in [-0.1, -0.05) is 0 Å². The molecule has 26 heteroatoms. The monoisotopic (exact) mass is 689 g/mol. The van der Waals surface area contributed by atoms with Crippen LogP contribution < -0.4 is 28.3 Å². The van der Waals surface area contributed by atoms with Gasteiger partial charge in [-0.15, -0.1) is 0 Å². The molecule has 0 aliphatic carbocycles. The Morgan fingerprint density at radius 2 is 1.26 bits per heavy atom. The van der Waals surface area contributed by atoms with E-state index >= 15 is 0 Å². The molecule has 4 aromatic rings. The molecule has 46 heavy (non-hydrogen) atoms. The summed E-state index contributed by atoms with van der Waals surface area (Å²) in [6.45, 7) is -1.62. The molecule has 4 aromatic heterocycles. The number of H-pyrrole nitrogens is 2. The Bertz CT molecular complexity index is 1900. The molecule has 0 radical (unpaired) electrons. The van der Waals surface area contributed by atoms with E-state index in [-0.39, 0.29) is 34.2 Å². The number of phosphoric ester groups is 2. The molecule has 0 spiro atoms. The number of nitrogen functional groups attached to an aromatic ring is 2. The lowest BCUT2D eigenvalue weighted by atomic mass is 10.1. The summed E-state index contributed by atoms with van der Waals surface area (Å²) in [4.78, 5) is 66.2. The number of imidazole rings is 2. The zero-order chi connectivity index (χ0) is 32.7. The summed E-state index contributed by atoms with van der Waals surface area (Å²) in [5, 5.41) is 11.1. The topological polar surface area (TPSA) is 355 Å². The van der Waals surface area contributed by atoms with Gasteiger partial charge >= 0.3 is 15.6 Å². The highest BCUT2D eigenvalue weighted by molar-refractivity contribution is 7.47. The number of aliphatic hydroxyl groups is 1. The number of nitrogens with two attached hydrogens (primary N) is 3. The maximum atomic E-state index is 13.1. The van der Waals surface area contributed by atoms with Gasteiger partial charge in [-0.3, -0.25) is 46.8 Å². The van der Waals surface area contributed by atoms with Crippen LogP contribution in [-0.4, -0.2) is 104 Å². The third-order valence-electron chi connectivity index (χ3n) is 7.46. The van der Waals surface area contributed by atoms with Gasteiger partial charge < -0.3 is 41.6 Å². The van der Waals surface area contributed by atoms with Gasteiger partial charge in [-0.05, 0) is 0 Å². The van der Waals surface area contributed by atoms with Gasteiger partial charge in [-0.2, -0.15) is 9.97 Å². The summed E-state index contributed by atoms with van der Waals surface area (Å²) in [5.41, 5.74) is 15.9. The number of nitrogens with zero attached hydrogens (tertiary/aromatic N) is 6. The van der Waals surface area contributed by atoms with Gasteiger partial charge in [0.05, 0.1) is 31.9 Å². The molecule has 3 aliphatic rings. The van der Waals surface area contributed by atoms with Crippen molar-refractivity contribution >= 4 is 49.9 Å². The van der Waals surface area contributed by atoms with Gasteiger partial charge in [0.15, 0.2) is 34.8 Å². The van der Waals surface area contributed by atoms with Crippen molar-refractivity contribution in [3.8, 4) is 0 Å². The van der Waals surface area contributed by atoms with E-state index in [1.807, 2.05) is 0 Å². The molecular formula is C20H25N11O13P2. The number of ether oxygens (including phenoxy) is 2. The molecule has 3 saturated heterocycles. The van der Waals surface area contributed by atoms with Crippen LogP contribution in [0, 0.1) is 0 Å². The number of aliphatic hydroxyl groups excluding tert-OH is 1. The fraction of sp³-hybridized carbons (Fsp3) is 0.500. The summed E-state index contributed by atoms with van der Waals surface area (Å²) in [7, 11) is -10.1. The lowest BCUT2D eigenvalue weighted by Gasteiger charge is -2.28. The number of phosphoric acid groups is 2. The molecule has 248 valence electrons. The zero-order valence-electron chi connectivity index (χ0n) is 22.9. The molecule has 3 fully saturated rings. The highest BCUT2D eigenvalue weighted by atomic mass is 31.2. The fourth-order valence-electron chi connectivity index (χ4n) is 5.46. The zero-order valence-corrected chi connectivity index (χ0v) is 24.7. The predicted molar refractivity (Wildman–Crippen MR) is 148 cm³/mol. The average Bonchev–Trinajstić information content (AvgIpc) is 3.72. The van der Waals surface area contributed by atoms with E-state index < -0.39 is 89.0 Å². The molecule has 0 saturated carbocycles. The van der Waals surface area contributed by atoms with Crippen molar-refractivity contribution in [3.63, 3.8) is 0 Å². The Balaban J connectivity index is 1.18. The Labute approximate surface area is 253 Å². The van der Waals surface area contributed by atoms with E-state index in [2.05, 4.69) is 29.9 Å². The first-order valence-corrected chi connectivity index (χ1v) is 16.2. The SMILES string of the molecule is Nc1nc2c(ncn2[C@@H]2O[C@@H]3COP(=O)(O)O[C@H]4[C@@H](O)[C@H](n5cnc6c(=O)[nH]c(N)nc65)O[C@@H]4COP(=O)(O)O[C@H]3C2N)c(=O)[nH]1. The number of hydrogen-bond donors (Lipinski definition) is 8. The van der Waals surface area contributed by atoms with Crippen molar-refractivity contribution in [3.05, 3.63) is 33.4 Å². The van der Waals surface area contributed by atoms with Crippen LogP contribution in [0.4, 0.5) is 11.9 Å². The van der Waals surface area contributed by atoms with Crippen LogP contribution >= 0.6 is 15.6 Å². The van der Waals surface area contributed by atoms with Crippen LogP contribution in [0.2, 0.25) is 0 Å². The third-order valence-corrected chi connectivity index (χ3v) is 9.43. The number of fused-ring (bicyclic) bond motifs is 4. The average molecular weight is 689 g/mol. The second-order valence-corrected chi connectivity index (χ2v) is 13.2. The summed E-state index contributed by atoms with van der Waals surface area (Å²) >= 11 is 0. The molecule has 11 N–H and O–H groups in total. The van der Waals surface area contributed by atoms with Crippen molar-refractivity contribution in [1.29, 1.82) is 0 Å². The second-order valence-electron chi connectivity index (χ2n) is 10.4. The van der Waals surface area contributed by atoms with Gasteiger partial charge in [0, 0.05) is 0 Å². The number of hydrogen-bond acceptors (Lipinski definition) is 18. The van der Waals surface area contributed by atoms with Crippen molar-refractivity contribution in [2.24, 2.45) is 5.73 Å². The van der Waals surface area contributed by atoms with Gasteiger partial charge in [0.2, 0.25) is 11.9 Å². The Kier molecular flexibility index (Phi) is 7.39. The maximum absolute atomic E-state index is 13.1. The smallest absolute Gasteiger partial charge is 0.386 e. The summed E-state index contributed by atoms with van der Waals surface area (Å²) in [6, 6.07) is -1.29. The van der Waals surface area contributed by atoms with E-state index in [1.165, 1.54) is 10.9 Å². The Morgan fingerprint density at radius 1 is 0.804 bits per heavy atom. The highest BCUT2D eigenvalue weighted by Gasteiger charge is 2.53. The molecule has 7 rings (SSSR count). The number of rotatable bonds is 2. The van der Waals surface area contributed by atoms with E-state index in [0.29, 0.717) is 0 Å². The van der Waals surface area contributed by atoms with Gasteiger partial charge in [-0.25, -0.2) is 19.1 Å². The van der Waals surface area contributed by atoms with E-state index in [4.69, 9.17) is 44.8 Å². The lowest BCUT2D eigenvalue weighted by molar-refractivity contribution is -0.0662. The van der Waals surface area contributed by atoms with Crippen LogP contribution in [0.1, 0.15) is 12.5 Å². The molecule has 3 unspecified atom stereocenters. The maximum Gasteiger partial charge on any atom is 0.472 e. The summed E-state index contributed by atoms with van der Waals surface area (Å²) < 4.78 is 61.2. The van der Waals surface area contributed by atoms with Crippen molar-refractivity contribution < 1.29 is 51.6 Å². The summed E-state index contributed by atoms with van der Waals surface area (Å²) in [5.74, 6) is -0.510. The molecule has 24 nitrogen and oxygen atoms in total. The largest absolute Gasteiger partial charge is 0.472 e. The first-order chi connectivity index (χ1) is 21.7. The van der Waals surface area contributed by atoms with Crippen LogP contribution in [0.5, 0.6) is 0 Å². The lowest BCUT2D eigenvalue weighted by Crippen LogP contribution is -2.42. The number of anilines is 2. The van der Waals surface area contributed by atoms with Gasteiger partial charge in [0.1, 0.15) is 30.5 Å². The van der Waals surface area contributed by atoms with Crippen molar-refractivity contribution in [2.45, 2.75) is 49.0 Å². The molecule has 0 bridgehead atoms. The van der Waals surface area contributed by atoms with E-state index in [9.17, 15) is 33.6 Å². The molecule has 0 aromatic carbocycles. The molecule has 7 heterocycles. The number of nitrogens with one attached hydrogen (secondary N) is 2. The normalized spacial score (nSPS) is 37.1. The number of aromatic amines is 2. The minimum absolute atomic E-state index is 0.0405. The van der Waals surface area contributed by atoms with Crippen LogP contribution in [0.3, 0.4) is 0 Å². The third kappa shape index (κ3) is 5.33. The van der Waals surface area contributed by atoms with Gasteiger partial charge in [0.25, 0.3) is 11.1 Å².